The van der Waals surface area contributed by atoms with Crippen molar-refractivity contribution < 1.29 is 0 Å². The minimum absolute atomic E-state index is 0.136. The van der Waals surface area contributed by atoms with Crippen molar-refractivity contribution in [3.63, 3.8) is 0 Å². The van der Waals surface area contributed by atoms with Crippen molar-refractivity contribution >= 4 is 12.6 Å². The standard InChI is InChI=1S/C12H26N2S/c1-11(2,9-12(3,4)15)10-14-7-5-13-6-8-14/h13,15H,5-10H2,1-4H3. The first-order chi connectivity index (χ1) is 6.79. The van der Waals surface area contributed by atoms with Crippen molar-refractivity contribution in [2.75, 3.05) is 32.7 Å². The second kappa shape index (κ2) is 5.07. The van der Waals surface area contributed by atoms with Crippen molar-refractivity contribution in [3.8, 4) is 0 Å². The van der Waals surface area contributed by atoms with Crippen LogP contribution in [0.15, 0.2) is 0 Å². The van der Waals surface area contributed by atoms with Crippen LogP contribution in [0, 0.1) is 5.41 Å². The fourth-order valence-corrected chi connectivity index (χ4v) is 3.13. The minimum atomic E-state index is 0.136. The van der Waals surface area contributed by atoms with Crippen molar-refractivity contribution in [3.05, 3.63) is 0 Å². The van der Waals surface area contributed by atoms with E-state index in [9.17, 15) is 0 Å². The molecule has 1 fully saturated rings. The Morgan fingerprint density at radius 1 is 1.13 bits per heavy atom. The second-order valence-electron chi connectivity index (χ2n) is 6.18. The smallest absolute Gasteiger partial charge is 0.0108 e. The van der Waals surface area contributed by atoms with E-state index >= 15 is 0 Å². The van der Waals surface area contributed by atoms with E-state index in [0.29, 0.717) is 5.41 Å². The topological polar surface area (TPSA) is 15.3 Å². The molecule has 0 atom stereocenters. The average molecular weight is 230 g/mol. The van der Waals surface area contributed by atoms with Crippen LogP contribution in [0.2, 0.25) is 0 Å². The molecular weight excluding hydrogens is 204 g/mol. The first-order valence-electron chi connectivity index (χ1n) is 5.94. The Morgan fingerprint density at radius 2 is 1.67 bits per heavy atom. The van der Waals surface area contributed by atoms with Gasteiger partial charge in [0.1, 0.15) is 0 Å². The minimum Gasteiger partial charge on any atom is -0.314 e. The van der Waals surface area contributed by atoms with Gasteiger partial charge in [-0.05, 0) is 11.8 Å². The van der Waals surface area contributed by atoms with Crippen molar-refractivity contribution in [2.45, 2.75) is 38.9 Å². The van der Waals surface area contributed by atoms with Gasteiger partial charge >= 0.3 is 0 Å². The molecule has 0 aromatic heterocycles. The summed E-state index contributed by atoms with van der Waals surface area (Å²) in [5.74, 6) is 0. The van der Waals surface area contributed by atoms with Crippen LogP contribution in [0.1, 0.15) is 34.1 Å². The molecule has 0 amide bonds. The highest BCUT2D eigenvalue weighted by Gasteiger charge is 2.28. The normalized spacial score (nSPS) is 20.6. The Bertz CT molecular complexity index is 190. The average Bonchev–Trinajstić information content (AvgIpc) is 1.99. The molecule has 1 saturated heterocycles. The van der Waals surface area contributed by atoms with Crippen LogP contribution in [-0.4, -0.2) is 42.4 Å². The molecular formula is C12H26N2S. The van der Waals surface area contributed by atoms with Gasteiger partial charge in [-0.25, -0.2) is 0 Å². The third kappa shape index (κ3) is 5.79. The summed E-state index contributed by atoms with van der Waals surface area (Å²) >= 11 is 4.64. The number of nitrogens with zero attached hydrogens (tertiary/aromatic N) is 1. The van der Waals surface area contributed by atoms with Crippen molar-refractivity contribution in [1.29, 1.82) is 0 Å². The van der Waals surface area contributed by atoms with Crippen LogP contribution in [0.3, 0.4) is 0 Å². The van der Waals surface area contributed by atoms with E-state index in [1.54, 1.807) is 0 Å². The lowest BCUT2D eigenvalue weighted by Gasteiger charge is -2.38. The Hall–Kier alpha value is 0.270. The van der Waals surface area contributed by atoms with Crippen LogP contribution in [0.4, 0.5) is 0 Å². The van der Waals surface area contributed by atoms with Crippen molar-refractivity contribution in [2.24, 2.45) is 5.41 Å². The zero-order valence-electron chi connectivity index (χ0n) is 10.6. The van der Waals surface area contributed by atoms with Gasteiger partial charge in [0.2, 0.25) is 0 Å². The maximum atomic E-state index is 4.64. The molecule has 0 unspecified atom stereocenters. The van der Waals surface area contributed by atoms with Gasteiger partial charge in [0.25, 0.3) is 0 Å². The van der Waals surface area contributed by atoms with E-state index < -0.39 is 0 Å². The summed E-state index contributed by atoms with van der Waals surface area (Å²) in [6.07, 6.45) is 1.16. The molecule has 1 rings (SSSR count). The van der Waals surface area contributed by atoms with E-state index in [1.807, 2.05) is 0 Å². The zero-order valence-corrected chi connectivity index (χ0v) is 11.5. The third-order valence-electron chi connectivity index (χ3n) is 2.77. The predicted octanol–water partition coefficient (Wildman–Crippen LogP) is 2.02. The summed E-state index contributed by atoms with van der Waals surface area (Å²) < 4.78 is 0.136. The van der Waals surface area contributed by atoms with E-state index in [0.717, 1.165) is 19.5 Å². The Kier molecular flexibility index (Phi) is 4.50. The van der Waals surface area contributed by atoms with Gasteiger partial charge in [0.05, 0.1) is 0 Å². The highest BCUT2D eigenvalue weighted by atomic mass is 32.1. The molecule has 1 heterocycles. The van der Waals surface area contributed by atoms with E-state index in [1.165, 1.54) is 19.6 Å². The first-order valence-corrected chi connectivity index (χ1v) is 6.39. The lowest BCUT2D eigenvalue weighted by molar-refractivity contribution is 0.146. The third-order valence-corrected chi connectivity index (χ3v) is 2.93. The Balaban J connectivity index is 2.40. The van der Waals surface area contributed by atoms with Gasteiger partial charge in [0, 0.05) is 37.5 Å². The number of hydrogen-bond donors (Lipinski definition) is 2. The molecule has 1 N–H and O–H groups in total. The van der Waals surface area contributed by atoms with Crippen LogP contribution >= 0.6 is 12.6 Å². The van der Waals surface area contributed by atoms with Crippen LogP contribution < -0.4 is 5.32 Å². The lowest BCUT2D eigenvalue weighted by Crippen LogP contribution is -2.47. The highest BCUT2D eigenvalue weighted by molar-refractivity contribution is 7.81. The van der Waals surface area contributed by atoms with E-state index in [4.69, 9.17) is 0 Å². The predicted molar refractivity (Wildman–Crippen MR) is 70.8 cm³/mol. The molecule has 90 valence electrons. The summed E-state index contributed by atoms with van der Waals surface area (Å²) in [5, 5.41) is 3.39. The SMILES string of the molecule is CC(C)(S)CC(C)(C)CN1CCNCC1. The highest BCUT2D eigenvalue weighted by Crippen LogP contribution is 2.32. The molecule has 15 heavy (non-hydrogen) atoms. The summed E-state index contributed by atoms with van der Waals surface area (Å²) in [4.78, 5) is 2.57. The molecule has 0 aliphatic carbocycles. The molecule has 1 aliphatic heterocycles. The molecule has 0 aromatic carbocycles. The van der Waals surface area contributed by atoms with Gasteiger partial charge in [-0.3, -0.25) is 0 Å². The number of nitrogens with one attached hydrogen (secondary N) is 1. The first kappa shape index (κ1) is 13.3. The summed E-state index contributed by atoms with van der Waals surface area (Å²) in [7, 11) is 0. The molecule has 0 aromatic rings. The largest absolute Gasteiger partial charge is 0.314 e. The Morgan fingerprint density at radius 3 is 2.13 bits per heavy atom. The molecule has 1 aliphatic rings. The monoisotopic (exact) mass is 230 g/mol. The lowest BCUT2D eigenvalue weighted by atomic mass is 9.83. The van der Waals surface area contributed by atoms with Gasteiger partial charge in [-0.15, -0.1) is 0 Å². The molecule has 2 nitrogen and oxygen atoms in total. The molecule has 0 spiro atoms. The maximum Gasteiger partial charge on any atom is 0.0108 e. The molecule has 0 radical (unpaired) electrons. The molecule has 0 bridgehead atoms. The fourth-order valence-electron chi connectivity index (χ4n) is 2.70. The van der Waals surface area contributed by atoms with Crippen LogP contribution in [0.5, 0.6) is 0 Å². The number of piperazine rings is 1. The fraction of sp³-hybridized carbons (Fsp3) is 1.00. The van der Waals surface area contributed by atoms with Gasteiger partial charge in [0.15, 0.2) is 0 Å². The van der Waals surface area contributed by atoms with E-state index in [2.05, 4.69) is 50.5 Å². The maximum absolute atomic E-state index is 4.64. The van der Waals surface area contributed by atoms with Crippen LogP contribution in [-0.2, 0) is 0 Å². The molecule has 0 saturated carbocycles. The van der Waals surface area contributed by atoms with Crippen molar-refractivity contribution in [1.82, 2.24) is 10.2 Å². The van der Waals surface area contributed by atoms with E-state index in [-0.39, 0.29) is 4.75 Å². The zero-order chi connectivity index (χ0) is 11.5. The summed E-state index contributed by atoms with van der Waals surface area (Å²) in [6.45, 7) is 15.0. The quantitative estimate of drug-likeness (QED) is 0.718. The van der Waals surface area contributed by atoms with Gasteiger partial charge < -0.3 is 10.2 Å². The Labute approximate surface area is 100 Å². The van der Waals surface area contributed by atoms with Gasteiger partial charge in [-0.2, -0.15) is 12.6 Å². The molecule has 3 heteroatoms. The number of rotatable bonds is 4. The number of hydrogen-bond acceptors (Lipinski definition) is 3. The van der Waals surface area contributed by atoms with Crippen LogP contribution in [0.25, 0.3) is 0 Å². The van der Waals surface area contributed by atoms with Gasteiger partial charge in [-0.1, -0.05) is 27.7 Å². The second-order valence-corrected chi connectivity index (χ2v) is 7.39. The summed E-state index contributed by atoms with van der Waals surface area (Å²) in [6, 6.07) is 0. The number of thiol groups is 1. The summed E-state index contributed by atoms with van der Waals surface area (Å²) in [5.41, 5.74) is 0.364.